The molecule has 1 saturated heterocycles. The van der Waals surface area contributed by atoms with Gasteiger partial charge in [0.1, 0.15) is 0 Å². The summed E-state index contributed by atoms with van der Waals surface area (Å²) in [6.07, 6.45) is 0.785. The molecule has 0 aromatic carbocycles. The highest BCUT2D eigenvalue weighted by molar-refractivity contribution is 5.76. The Morgan fingerprint density at radius 3 is 3.00 bits per heavy atom. The van der Waals surface area contributed by atoms with E-state index in [-0.39, 0.29) is 6.03 Å². The Hall–Kier alpha value is -0.770. The van der Waals surface area contributed by atoms with Crippen LogP contribution in [0.1, 0.15) is 6.42 Å². The first kappa shape index (κ1) is 7.34. The number of nitrogens with zero attached hydrogens (tertiary/aromatic N) is 1. The molecule has 4 heteroatoms. The fourth-order valence-corrected chi connectivity index (χ4v) is 0.994. The number of nitrogens with one attached hydrogen (secondary N) is 2. The molecular weight excluding hydrogens is 130 g/mol. The highest BCUT2D eigenvalue weighted by Crippen LogP contribution is 1.96. The van der Waals surface area contributed by atoms with E-state index < -0.39 is 0 Å². The minimum absolute atomic E-state index is 0.0217. The average molecular weight is 142 g/mol. The Bertz CT molecular complexity index is 126. The van der Waals surface area contributed by atoms with Crippen LogP contribution in [0.5, 0.6) is 0 Å². The molecule has 1 aliphatic heterocycles. The standard InChI is InChI=1S/C6H12N3O/c7-2-1-4-9-5-3-8-6(9)10/h7H,1-5H2,(H,8,10). The van der Waals surface area contributed by atoms with Crippen molar-refractivity contribution >= 4 is 6.03 Å². The lowest BCUT2D eigenvalue weighted by Crippen LogP contribution is -2.29. The molecule has 0 unspecified atom stereocenters. The van der Waals surface area contributed by atoms with Crippen LogP contribution >= 0.6 is 0 Å². The number of hydrogen-bond donors (Lipinski definition) is 1. The fraction of sp³-hybridized carbons (Fsp3) is 0.833. The summed E-state index contributed by atoms with van der Waals surface area (Å²) in [4.78, 5) is 12.6. The Balaban J connectivity index is 2.20. The molecule has 1 aliphatic rings. The maximum atomic E-state index is 10.8. The minimum Gasteiger partial charge on any atom is -0.336 e. The van der Waals surface area contributed by atoms with Gasteiger partial charge in [0, 0.05) is 26.2 Å². The van der Waals surface area contributed by atoms with Gasteiger partial charge in [0.25, 0.3) is 0 Å². The van der Waals surface area contributed by atoms with Crippen molar-refractivity contribution in [1.29, 1.82) is 0 Å². The van der Waals surface area contributed by atoms with Gasteiger partial charge in [0.2, 0.25) is 0 Å². The summed E-state index contributed by atoms with van der Waals surface area (Å²) >= 11 is 0. The van der Waals surface area contributed by atoms with Gasteiger partial charge in [-0.15, -0.1) is 0 Å². The molecule has 2 amide bonds. The molecule has 1 heterocycles. The second-order valence-electron chi connectivity index (χ2n) is 2.32. The molecule has 0 aliphatic carbocycles. The summed E-state index contributed by atoms with van der Waals surface area (Å²) in [5.41, 5.74) is 6.87. The quantitative estimate of drug-likeness (QED) is 0.577. The van der Waals surface area contributed by atoms with Gasteiger partial charge in [0.15, 0.2) is 0 Å². The molecule has 0 atom stereocenters. The number of carbonyl (C=O) groups is 1. The summed E-state index contributed by atoms with van der Waals surface area (Å²) in [5.74, 6) is 0. The Kier molecular flexibility index (Phi) is 2.50. The number of rotatable bonds is 3. The fourth-order valence-electron chi connectivity index (χ4n) is 0.994. The number of urea groups is 1. The molecular formula is C6H12N3O. The Labute approximate surface area is 60.4 Å². The van der Waals surface area contributed by atoms with Crippen LogP contribution in [0.25, 0.3) is 0 Å². The molecule has 0 spiro atoms. The van der Waals surface area contributed by atoms with Gasteiger partial charge in [-0.25, -0.2) is 4.79 Å². The molecule has 2 N–H and O–H groups in total. The lowest BCUT2D eigenvalue weighted by Gasteiger charge is -2.11. The van der Waals surface area contributed by atoms with Crippen molar-refractivity contribution in [3.8, 4) is 0 Å². The smallest absolute Gasteiger partial charge is 0.317 e. The first-order chi connectivity index (χ1) is 4.84. The van der Waals surface area contributed by atoms with E-state index in [1.54, 1.807) is 4.90 Å². The molecule has 0 bridgehead atoms. The van der Waals surface area contributed by atoms with Gasteiger partial charge < -0.3 is 10.2 Å². The third-order valence-electron chi connectivity index (χ3n) is 1.55. The summed E-state index contributed by atoms with van der Waals surface area (Å²) in [6, 6.07) is 0.0217. The molecule has 1 fully saturated rings. The Morgan fingerprint density at radius 2 is 2.50 bits per heavy atom. The maximum Gasteiger partial charge on any atom is 0.317 e. The Morgan fingerprint density at radius 1 is 1.70 bits per heavy atom. The zero-order valence-corrected chi connectivity index (χ0v) is 5.89. The van der Waals surface area contributed by atoms with Crippen molar-refractivity contribution in [2.75, 3.05) is 26.2 Å². The summed E-state index contributed by atoms with van der Waals surface area (Å²) in [6.45, 7) is 2.70. The third kappa shape index (κ3) is 1.60. The average Bonchev–Trinajstić information content (AvgIpc) is 2.31. The van der Waals surface area contributed by atoms with Crippen LogP contribution in [-0.2, 0) is 0 Å². The number of carbonyl (C=O) groups excluding carboxylic acids is 1. The van der Waals surface area contributed by atoms with E-state index in [1.807, 2.05) is 0 Å². The van der Waals surface area contributed by atoms with Crippen molar-refractivity contribution in [2.24, 2.45) is 0 Å². The van der Waals surface area contributed by atoms with Crippen LogP contribution in [0.4, 0.5) is 4.79 Å². The zero-order chi connectivity index (χ0) is 7.40. The van der Waals surface area contributed by atoms with E-state index in [9.17, 15) is 4.79 Å². The lowest BCUT2D eigenvalue weighted by atomic mass is 10.4. The molecule has 4 nitrogen and oxygen atoms in total. The second-order valence-corrected chi connectivity index (χ2v) is 2.32. The van der Waals surface area contributed by atoms with E-state index in [1.165, 1.54) is 0 Å². The predicted molar refractivity (Wildman–Crippen MR) is 37.6 cm³/mol. The van der Waals surface area contributed by atoms with Crippen LogP contribution in [-0.4, -0.2) is 37.1 Å². The molecule has 1 radical (unpaired) electrons. The number of hydrogen-bond acceptors (Lipinski definition) is 1. The summed E-state index contributed by atoms with van der Waals surface area (Å²) in [5, 5.41) is 2.70. The molecule has 0 aromatic rings. The minimum atomic E-state index is 0.0217. The van der Waals surface area contributed by atoms with Crippen LogP contribution in [0.3, 0.4) is 0 Å². The van der Waals surface area contributed by atoms with Crippen molar-refractivity contribution in [3.63, 3.8) is 0 Å². The maximum absolute atomic E-state index is 10.8. The van der Waals surface area contributed by atoms with E-state index in [2.05, 4.69) is 5.32 Å². The van der Waals surface area contributed by atoms with E-state index in [0.717, 1.165) is 26.1 Å². The van der Waals surface area contributed by atoms with Crippen LogP contribution in [0, 0.1) is 0 Å². The highest BCUT2D eigenvalue weighted by Gasteiger charge is 2.17. The lowest BCUT2D eigenvalue weighted by molar-refractivity contribution is 0.217. The first-order valence-corrected chi connectivity index (χ1v) is 3.52. The van der Waals surface area contributed by atoms with Crippen LogP contribution in [0.15, 0.2) is 0 Å². The van der Waals surface area contributed by atoms with Crippen molar-refractivity contribution in [1.82, 2.24) is 16.0 Å². The molecule has 1 rings (SSSR count). The second kappa shape index (κ2) is 3.41. The summed E-state index contributed by atoms with van der Waals surface area (Å²) < 4.78 is 0. The molecule has 0 aromatic heterocycles. The van der Waals surface area contributed by atoms with Gasteiger partial charge >= 0.3 is 6.03 Å². The largest absolute Gasteiger partial charge is 0.336 e. The highest BCUT2D eigenvalue weighted by atomic mass is 16.2. The van der Waals surface area contributed by atoms with Gasteiger partial charge in [0.05, 0.1) is 0 Å². The van der Waals surface area contributed by atoms with Crippen molar-refractivity contribution < 1.29 is 4.79 Å². The number of amides is 2. The van der Waals surface area contributed by atoms with Gasteiger partial charge in [-0.05, 0) is 6.42 Å². The monoisotopic (exact) mass is 142 g/mol. The van der Waals surface area contributed by atoms with Gasteiger partial charge in [-0.1, -0.05) is 0 Å². The molecule has 10 heavy (non-hydrogen) atoms. The van der Waals surface area contributed by atoms with E-state index in [0.29, 0.717) is 6.54 Å². The first-order valence-electron chi connectivity index (χ1n) is 3.52. The van der Waals surface area contributed by atoms with Gasteiger partial charge in [-0.3, -0.25) is 5.73 Å². The van der Waals surface area contributed by atoms with Crippen molar-refractivity contribution in [3.05, 3.63) is 0 Å². The van der Waals surface area contributed by atoms with Crippen LogP contribution in [0.2, 0.25) is 0 Å². The van der Waals surface area contributed by atoms with E-state index in [4.69, 9.17) is 5.73 Å². The van der Waals surface area contributed by atoms with E-state index >= 15 is 0 Å². The SMILES string of the molecule is [NH]CCCN1CCNC1=O. The molecule has 0 saturated carbocycles. The normalized spacial score (nSPS) is 17.7. The van der Waals surface area contributed by atoms with Crippen molar-refractivity contribution in [2.45, 2.75) is 6.42 Å². The topological polar surface area (TPSA) is 56.1 Å². The molecule has 57 valence electrons. The zero-order valence-electron chi connectivity index (χ0n) is 5.89. The predicted octanol–water partition coefficient (Wildman–Crippen LogP) is -0.315. The third-order valence-corrected chi connectivity index (χ3v) is 1.55. The van der Waals surface area contributed by atoms with Gasteiger partial charge in [-0.2, -0.15) is 0 Å². The van der Waals surface area contributed by atoms with Crippen LogP contribution < -0.4 is 11.1 Å². The summed E-state index contributed by atoms with van der Waals surface area (Å²) in [7, 11) is 0.